The van der Waals surface area contributed by atoms with Crippen molar-refractivity contribution in [2.45, 2.75) is 155 Å². The van der Waals surface area contributed by atoms with Gasteiger partial charge in [-0.05, 0) is 6.92 Å². The fourth-order valence-electron chi connectivity index (χ4n) is 14.9. The maximum absolute atomic E-state index is 14.7. The Kier molecular flexibility index (Phi) is 24.1. The van der Waals surface area contributed by atoms with E-state index in [0.717, 1.165) is 50.0 Å². The second-order valence-corrected chi connectivity index (χ2v) is 35.3. The van der Waals surface area contributed by atoms with Gasteiger partial charge in [0.15, 0.2) is 46.9 Å². The highest BCUT2D eigenvalue weighted by Gasteiger charge is 2.56. The third kappa shape index (κ3) is 17.6. The molecule has 9 aromatic heterocycles. The summed E-state index contributed by atoms with van der Waals surface area (Å²) in [6, 6.07) is 0. The van der Waals surface area contributed by atoms with Gasteiger partial charge in [0, 0.05) is 64.1 Å². The normalized spacial score (nSPS) is 31.9. The van der Waals surface area contributed by atoms with E-state index in [4.69, 9.17) is 100 Å². The van der Waals surface area contributed by atoms with Gasteiger partial charge in [-0.15, -0.1) is 0 Å². The van der Waals surface area contributed by atoms with Crippen LogP contribution in [0.4, 0.5) is 17.5 Å². The zero-order valence-corrected chi connectivity index (χ0v) is 67.4. The summed E-state index contributed by atoms with van der Waals surface area (Å²) in [6.45, 7) is -4.89. The van der Waals surface area contributed by atoms with Crippen molar-refractivity contribution < 1.29 is 141 Å². The number of nitrogens with two attached hydrogens (primary N) is 3. The summed E-state index contributed by atoms with van der Waals surface area (Å²) in [6.07, 6.45) is -24.3. The van der Waals surface area contributed by atoms with E-state index in [9.17, 15) is 86.3 Å². The van der Waals surface area contributed by atoms with Crippen LogP contribution in [0.3, 0.4) is 0 Å². The fraction of sp³-hybridized carbons (Fsp3) is 0.550. The SMILES string of the molecule is CO[C@@H]1[C@H](OP(=O)(O)OC[C@H]2O[C@@H](n3cnc4c(N)ncnc43)C[C@@H]2OP(=O)(O)OC[C@H]2O[C@@H](n3cc(C)c(=O)[nH]c3=O)C[C@@H]2OP(=O)(O)OC[C@H]2O[C@@H](n3cnc4c(N)ncnc43)C[C@@H]2O)[C@H]2COP(=O)(O)O[C@H]3[C@@H](OC)[C@@H](O[C@@H]3COP(=O)(O)O[C@H]3C[C@H](n4cnc5c(N)ncnc54)O[C@@H]3CO)n3cc(c(=O)[nH]c3=O)-c3cn(c(=O)[nH]c3=O)[C@@H]1O2. The van der Waals surface area contributed by atoms with Gasteiger partial charge in [-0.2, -0.15) is 0 Å². The molecule has 7 aliphatic rings. The van der Waals surface area contributed by atoms with E-state index in [1.165, 1.54) is 45.9 Å². The van der Waals surface area contributed by atoms with Crippen molar-refractivity contribution in [3.63, 3.8) is 0 Å². The number of hydrogen-bond donors (Lipinski definition) is 13. The van der Waals surface area contributed by atoms with Crippen LogP contribution in [-0.4, -0.2) is 261 Å². The van der Waals surface area contributed by atoms with Crippen molar-refractivity contribution in [1.29, 1.82) is 0 Å². The van der Waals surface area contributed by atoms with Gasteiger partial charge in [-0.3, -0.25) is 102 Å². The van der Waals surface area contributed by atoms with E-state index in [-0.39, 0.29) is 69.4 Å². The quantitative estimate of drug-likeness (QED) is 0.0229. The molecule has 57 nitrogen and oxygen atoms in total. The second kappa shape index (κ2) is 34.0. The van der Waals surface area contributed by atoms with Crippen LogP contribution in [0.2, 0.25) is 0 Å². The second-order valence-electron chi connectivity index (χ2n) is 28.3. The average molecular weight is 1820 g/mol. The number of aliphatic hydroxyl groups is 2. The van der Waals surface area contributed by atoms with Crippen LogP contribution in [-0.2, 0) is 106 Å². The summed E-state index contributed by atoms with van der Waals surface area (Å²) in [5.41, 5.74) is 10.6. The van der Waals surface area contributed by atoms with E-state index in [1.54, 1.807) is 0 Å². The Bertz CT molecular complexity index is 6130. The minimum atomic E-state index is -5.84. The molecule has 8 bridgehead atoms. The molecule has 7 aliphatic heterocycles. The molecular weight excluding hydrogens is 1750 g/mol. The smallest absolute Gasteiger partial charge is 0.394 e. The van der Waals surface area contributed by atoms with Crippen LogP contribution in [0, 0.1) is 6.92 Å². The zero-order chi connectivity index (χ0) is 86.6. The Balaban J connectivity index is 0.637. The molecule has 16 heterocycles. The first-order chi connectivity index (χ1) is 57.9. The van der Waals surface area contributed by atoms with Gasteiger partial charge in [0.1, 0.15) is 140 Å². The average Bonchev–Trinajstić information content (AvgIpc) is 1.45. The number of imidazole rings is 3. The summed E-state index contributed by atoms with van der Waals surface area (Å²) in [4.78, 5) is 182. The Labute approximate surface area is 677 Å². The number of fused-ring (bicyclic) bond motifs is 14. The summed E-state index contributed by atoms with van der Waals surface area (Å²) < 4.78 is 181. The van der Waals surface area contributed by atoms with Crippen LogP contribution in [0.1, 0.15) is 68.6 Å². The van der Waals surface area contributed by atoms with Crippen LogP contribution < -0.4 is 50.9 Å². The minimum Gasteiger partial charge on any atom is -0.394 e. The third-order valence-electron chi connectivity index (χ3n) is 20.7. The number of anilines is 3. The van der Waals surface area contributed by atoms with Crippen molar-refractivity contribution in [3.8, 4) is 11.1 Å². The van der Waals surface area contributed by atoms with Crippen LogP contribution in [0.25, 0.3) is 44.6 Å². The molecule has 6 fully saturated rings. The number of hydrogen-bond acceptors (Lipinski definition) is 43. The predicted molar refractivity (Wildman–Crippen MR) is 397 cm³/mol. The number of phosphoric ester groups is 5. The van der Waals surface area contributed by atoms with Crippen LogP contribution in [0.15, 0.2) is 85.3 Å². The van der Waals surface area contributed by atoms with Crippen molar-refractivity contribution in [3.05, 3.63) is 125 Å². The number of aromatic amines is 3. The highest BCUT2D eigenvalue weighted by molar-refractivity contribution is 7.48. The number of nitrogens with zero attached hydrogens (tertiary/aromatic N) is 15. The maximum atomic E-state index is 14.7. The number of aliphatic hydroxyl groups excluding tert-OH is 2. The van der Waals surface area contributed by atoms with Crippen LogP contribution in [0.5, 0.6) is 0 Å². The highest BCUT2D eigenvalue weighted by Crippen LogP contribution is 2.57. The summed E-state index contributed by atoms with van der Waals surface area (Å²) >= 11 is 0. The zero-order valence-electron chi connectivity index (χ0n) is 63.0. The lowest BCUT2D eigenvalue weighted by atomic mass is 10.1. The molecule has 0 aromatic carbocycles. The Morgan fingerprint density at radius 3 is 1.34 bits per heavy atom. The Morgan fingerprint density at radius 1 is 0.484 bits per heavy atom. The third-order valence-corrected chi connectivity index (χ3v) is 25.7. The molecule has 16 N–H and O–H groups in total. The first-order valence-electron chi connectivity index (χ1n) is 36.3. The molecule has 16 rings (SSSR count). The lowest BCUT2D eigenvalue weighted by molar-refractivity contribution is -0.0669. The standard InChI is InChI=1S/C60H74N21O36P5/c1-23-8-76(58(87)73-53(23)84)37-6-28(114-118(90,91)102-12-31-26(83)4-36(108-31)79-20-70-40-47(61)64-17-67-50(40)79)32(109-37)13-103-119(92,93)115-29-7-39(81-22-72-42-49(63)66-19-69-52(42)81)110-33(29)14-104-121(96,97)116-44-35-16-106-122(98,99)117-43-34(15-105-120(94,95)113-27-5-38(107-30(27)11-82)80-21-71-41-48(62)65-18-68-51(41)80)111-56(45(43)100-2)77-9-24(54(85)74-59(77)88)25-10-78(60(89)75-55(25)86)57(112-35)46(44)101-3/h8-10,17-22,26-39,43-46,56-57,82-83H,4-7,11-16H2,1-3H3,(H,90,91)(H,92,93)(H,94,95)(H,96,97)(H,98,99)(H2,61,64,67)(H2,62,65,68)(H2,63,66,69)(H,73,84,87)(H,74,85,88)(H,75,86,89)/t26-,27-,28-,29-,30+,31+,32+,33+,34+,35+,36+,37+,38+,39+,43+,44+,45+,46+,56+,57+/m0/s1. The number of aromatic nitrogens is 18. The Morgan fingerprint density at radius 2 is 0.877 bits per heavy atom. The number of nitrogen functional groups attached to an aromatic ring is 3. The predicted octanol–water partition coefficient (Wildman–Crippen LogP) is -2.97. The van der Waals surface area contributed by atoms with Gasteiger partial charge in [-0.25, -0.2) is 82.1 Å². The number of rotatable bonds is 27. The highest BCUT2D eigenvalue weighted by atomic mass is 31.2. The summed E-state index contributed by atoms with van der Waals surface area (Å²) in [5, 5.41) is 21.3. The number of nitrogens with one attached hydrogen (secondary N) is 3. The number of H-pyrrole nitrogens is 3. The van der Waals surface area contributed by atoms with Gasteiger partial charge >= 0.3 is 56.2 Å². The number of aryl methyl sites for hydroxylation is 1. The van der Waals surface area contributed by atoms with E-state index in [0.29, 0.717) is 9.13 Å². The van der Waals surface area contributed by atoms with Gasteiger partial charge in [0.2, 0.25) is 0 Å². The van der Waals surface area contributed by atoms with Gasteiger partial charge in [0.05, 0.1) is 75.9 Å². The maximum Gasteiger partial charge on any atom is 0.472 e. The van der Waals surface area contributed by atoms with Crippen molar-refractivity contribution in [2.24, 2.45) is 0 Å². The largest absolute Gasteiger partial charge is 0.472 e. The molecule has 660 valence electrons. The molecule has 0 radical (unpaired) electrons. The molecule has 122 heavy (non-hydrogen) atoms. The fourth-order valence-corrected chi connectivity index (χ4v) is 19.7. The molecule has 0 spiro atoms. The number of phosphoric acid groups is 5. The monoisotopic (exact) mass is 1820 g/mol. The molecule has 5 unspecified atom stereocenters. The van der Waals surface area contributed by atoms with E-state index >= 15 is 0 Å². The Hall–Kier alpha value is -8.76. The molecule has 62 heteroatoms. The molecule has 0 saturated carbocycles. The molecule has 0 amide bonds. The van der Waals surface area contributed by atoms with Crippen LogP contribution >= 0.6 is 39.1 Å². The van der Waals surface area contributed by atoms with Crippen molar-refractivity contribution in [2.75, 3.05) is 71.1 Å². The lowest BCUT2D eigenvalue weighted by Crippen LogP contribution is -2.41. The van der Waals surface area contributed by atoms with E-state index in [1.807, 2.05) is 9.97 Å². The first-order valence-corrected chi connectivity index (χ1v) is 43.8. The van der Waals surface area contributed by atoms with Gasteiger partial charge < -0.3 is 89.8 Å². The lowest BCUT2D eigenvalue weighted by Gasteiger charge is -2.28. The van der Waals surface area contributed by atoms with Gasteiger partial charge in [-0.1, -0.05) is 0 Å². The molecule has 0 aliphatic carbocycles. The van der Waals surface area contributed by atoms with Crippen molar-refractivity contribution >= 4 is 90.1 Å². The number of methoxy groups -OCH3 is 2. The topological polar surface area (TPSA) is 767 Å². The molecular formula is C60H74N21O36P5. The van der Waals surface area contributed by atoms with Crippen molar-refractivity contribution in [1.82, 2.24) is 87.2 Å². The minimum absolute atomic E-state index is 0.00331. The summed E-state index contributed by atoms with van der Waals surface area (Å²) in [5.74, 6) is -0.0245. The number of ether oxygens (including phenoxy) is 8. The van der Waals surface area contributed by atoms with E-state index < -0.39 is 259 Å². The molecule has 25 atom stereocenters. The molecule has 6 saturated heterocycles. The van der Waals surface area contributed by atoms with E-state index in [2.05, 4.69) is 49.8 Å². The van der Waals surface area contributed by atoms with Gasteiger partial charge in [0.25, 0.3) is 16.7 Å². The summed E-state index contributed by atoms with van der Waals surface area (Å²) in [7, 11) is -26.0. The molecule has 9 aromatic rings. The first kappa shape index (κ1) is 86.7.